The number of hydrogen-bond acceptors (Lipinski definition) is 3. The van der Waals surface area contributed by atoms with E-state index in [0.29, 0.717) is 12.0 Å². The molecule has 0 aromatic heterocycles. The molecule has 1 aromatic carbocycles. The predicted molar refractivity (Wildman–Crippen MR) is 61.1 cm³/mol. The molecule has 1 aromatic rings. The summed E-state index contributed by atoms with van der Waals surface area (Å²) in [5.41, 5.74) is 1.33. The molecule has 0 amide bonds. The van der Waals surface area contributed by atoms with Crippen molar-refractivity contribution in [3.8, 4) is 5.75 Å². The van der Waals surface area contributed by atoms with Gasteiger partial charge in [-0.05, 0) is 18.6 Å². The molecule has 0 bridgehead atoms. The number of hydrogen-bond donors (Lipinski definition) is 1. The van der Waals surface area contributed by atoms with Crippen molar-refractivity contribution in [3.05, 3.63) is 28.8 Å². The molecule has 96 valence electrons. The molecular weight excluding hydrogens is 228 g/mol. The van der Waals surface area contributed by atoms with Crippen LogP contribution in [0.25, 0.3) is 0 Å². The van der Waals surface area contributed by atoms with Crippen LogP contribution >= 0.6 is 0 Å². The molecule has 17 heavy (non-hydrogen) atoms. The first-order valence-electron chi connectivity index (χ1n) is 5.27. The highest BCUT2D eigenvalue weighted by molar-refractivity contribution is 5.46. The Morgan fingerprint density at radius 2 is 2.00 bits per heavy atom. The van der Waals surface area contributed by atoms with Crippen molar-refractivity contribution < 1.29 is 18.4 Å². The molecule has 0 spiro atoms. The molecule has 0 saturated carbocycles. The van der Waals surface area contributed by atoms with Gasteiger partial charge in [-0.2, -0.15) is 0 Å². The quantitative estimate of drug-likeness (QED) is 0.811. The smallest absolute Gasteiger partial charge is 0.274 e. The molecule has 0 aliphatic rings. The Morgan fingerprint density at radius 3 is 2.47 bits per heavy atom. The van der Waals surface area contributed by atoms with Crippen LogP contribution in [0.1, 0.15) is 23.6 Å². The van der Waals surface area contributed by atoms with Crippen LogP contribution in [-0.2, 0) is 17.2 Å². The van der Waals surface area contributed by atoms with Crippen LogP contribution in [0, 0.1) is 6.92 Å². The molecular formula is C12H17F2NO2. The molecule has 0 fully saturated rings. The summed E-state index contributed by atoms with van der Waals surface area (Å²) >= 11 is 0. The minimum atomic E-state index is -2.93. The SMILES string of the molecule is COc1c(CCON)cc(C)cc1C(C)(F)F. The van der Waals surface area contributed by atoms with Gasteiger partial charge >= 0.3 is 0 Å². The highest BCUT2D eigenvalue weighted by Crippen LogP contribution is 2.37. The van der Waals surface area contributed by atoms with E-state index in [4.69, 9.17) is 10.6 Å². The van der Waals surface area contributed by atoms with Gasteiger partial charge in [-0.25, -0.2) is 14.7 Å². The van der Waals surface area contributed by atoms with Gasteiger partial charge in [0.05, 0.1) is 19.3 Å². The van der Waals surface area contributed by atoms with Crippen molar-refractivity contribution in [2.45, 2.75) is 26.2 Å². The zero-order valence-corrected chi connectivity index (χ0v) is 10.2. The minimum Gasteiger partial charge on any atom is -0.496 e. The van der Waals surface area contributed by atoms with Crippen LogP contribution in [0.4, 0.5) is 8.78 Å². The van der Waals surface area contributed by atoms with Crippen molar-refractivity contribution in [2.24, 2.45) is 5.90 Å². The fraction of sp³-hybridized carbons (Fsp3) is 0.500. The predicted octanol–water partition coefficient (Wildman–Crippen LogP) is 2.55. The van der Waals surface area contributed by atoms with E-state index < -0.39 is 5.92 Å². The Labute approximate surface area is 99.5 Å². The second kappa shape index (κ2) is 5.42. The van der Waals surface area contributed by atoms with Crippen molar-refractivity contribution in [1.82, 2.24) is 0 Å². The lowest BCUT2D eigenvalue weighted by Crippen LogP contribution is -2.12. The van der Waals surface area contributed by atoms with Gasteiger partial charge < -0.3 is 9.57 Å². The van der Waals surface area contributed by atoms with E-state index in [1.807, 2.05) is 0 Å². The molecule has 5 heteroatoms. The number of rotatable bonds is 5. The Bertz CT molecular complexity index is 389. The summed E-state index contributed by atoms with van der Waals surface area (Å²) < 4.78 is 32.0. The molecule has 0 saturated heterocycles. The van der Waals surface area contributed by atoms with Crippen LogP contribution in [0.5, 0.6) is 5.75 Å². The fourth-order valence-corrected chi connectivity index (χ4v) is 1.77. The topological polar surface area (TPSA) is 44.5 Å². The number of ether oxygens (including phenoxy) is 1. The standard InChI is InChI=1S/C12H17F2NO2/c1-8-6-9(4-5-17-15)11(16-3)10(7-8)12(2,13)14/h6-7H,4-5,15H2,1-3H3. The molecule has 0 unspecified atom stereocenters. The first-order valence-corrected chi connectivity index (χ1v) is 5.27. The first-order chi connectivity index (χ1) is 7.90. The summed E-state index contributed by atoms with van der Waals surface area (Å²) in [6.07, 6.45) is 0.435. The molecule has 0 aliphatic carbocycles. The summed E-state index contributed by atoms with van der Waals surface area (Å²) in [5.74, 6) is 2.21. The number of methoxy groups -OCH3 is 1. The Kier molecular flexibility index (Phi) is 4.42. The highest BCUT2D eigenvalue weighted by atomic mass is 19.3. The van der Waals surface area contributed by atoms with Gasteiger partial charge in [-0.1, -0.05) is 11.6 Å². The fourth-order valence-electron chi connectivity index (χ4n) is 1.77. The first kappa shape index (κ1) is 13.9. The molecule has 0 heterocycles. The van der Waals surface area contributed by atoms with Crippen molar-refractivity contribution in [2.75, 3.05) is 13.7 Å². The zero-order chi connectivity index (χ0) is 13.1. The molecule has 1 rings (SSSR count). The lowest BCUT2D eigenvalue weighted by atomic mass is 9.99. The monoisotopic (exact) mass is 245 g/mol. The number of halogens is 2. The maximum atomic E-state index is 13.4. The average molecular weight is 245 g/mol. The van der Waals surface area contributed by atoms with E-state index in [0.717, 1.165) is 12.5 Å². The third-order valence-corrected chi connectivity index (χ3v) is 2.48. The summed E-state index contributed by atoms with van der Waals surface area (Å²) in [5, 5.41) is 0. The third-order valence-electron chi connectivity index (χ3n) is 2.48. The van der Waals surface area contributed by atoms with E-state index in [-0.39, 0.29) is 17.9 Å². The van der Waals surface area contributed by atoms with Crippen molar-refractivity contribution >= 4 is 0 Å². The van der Waals surface area contributed by atoms with Gasteiger partial charge in [0.2, 0.25) is 0 Å². The van der Waals surface area contributed by atoms with Gasteiger partial charge in [-0.15, -0.1) is 0 Å². The average Bonchev–Trinajstić information content (AvgIpc) is 2.24. The number of alkyl halides is 2. The number of benzene rings is 1. The summed E-state index contributed by atoms with van der Waals surface area (Å²) in [6, 6.07) is 3.23. The normalized spacial score (nSPS) is 11.6. The lowest BCUT2D eigenvalue weighted by molar-refractivity contribution is 0.0148. The minimum absolute atomic E-state index is 0.105. The lowest BCUT2D eigenvalue weighted by Gasteiger charge is -2.19. The largest absolute Gasteiger partial charge is 0.496 e. The van der Waals surface area contributed by atoms with Crippen LogP contribution in [0.15, 0.2) is 12.1 Å². The maximum Gasteiger partial charge on any atom is 0.274 e. The Balaban J connectivity index is 3.25. The molecule has 0 aliphatic heterocycles. The Hall–Kier alpha value is -1.20. The molecule has 2 N–H and O–H groups in total. The van der Waals surface area contributed by atoms with Gasteiger partial charge in [0.15, 0.2) is 0 Å². The molecule has 0 atom stereocenters. The van der Waals surface area contributed by atoms with Crippen molar-refractivity contribution in [1.29, 1.82) is 0 Å². The van der Waals surface area contributed by atoms with E-state index >= 15 is 0 Å². The van der Waals surface area contributed by atoms with E-state index in [1.54, 1.807) is 13.0 Å². The van der Waals surface area contributed by atoms with E-state index in [1.165, 1.54) is 13.2 Å². The van der Waals surface area contributed by atoms with E-state index in [2.05, 4.69) is 4.84 Å². The third kappa shape index (κ3) is 3.38. The van der Waals surface area contributed by atoms with Crippen LogP contribution in [0.3, 0.4) is 0 Å². The maximum absolute atomic E-state index is 13.4. The number of aryl methyl sites for hydroxylation is 1. The van der Waals surface area contributed by atoms with Crippen LogP contribution in [-0.4, -0.2) is 13.7 Å². The Morgan fingerprint density at radius 1 is 1.35 bits per heavy atom. The second-order valence-electron chi connectivity index (χ2n) is 4.01. The van der Waals surface area contributed by atoms with E-state index in [9.17, 15) is 8.78 Å². The highest BCUT2D eigenvalue weighted by Gasteiger charge is 2.30. The molecule has 0 radical (unpaired) electrons. The summed E-state index contributed by atoms with van der Waals surface area (Å²) in [6.45, 7) is 2.88. The molecule has 3 nitrogen and oxygen atoms in total. The van der Waals surface area contributed by atoms with Crippen molar-refractivity contribution in [3.63, 3.8) is 0 Å². The van der Waals surface area contributed by atoms with Crippen LogP contribution < -0.4 is 10.6 Å². The van der Waals surface area contributed by atoms with Gasteiger partial charge in [0.25, 0.3) is 5.92 Å². The second-order valence-corrected chi connectivity index (χ2v) is 4.01. The van der Waals surface area contributed by atoms with Gasteiger partial charge in [-0.3, -0.25) is 0 Å². The summed E-state index contributed by atoms with van der Waals surface area (Å²) in [7, 11) is 1.38. The van der Waals surface area contributed by atoms with Gasteiger partial charge in [0.1, 0.15) is 5.75 Å². The van der Waals surface area contributed by atoms with Gasteiger partial charge in [0, 0.05) is 13.3 Å². The zero-order valence-electron chi connectivity index (χ0n) is 10.2. The number of nitrogens with two attached hydrogens (primary N) is 1. The summed E-state index contributed by atoms with van der Waals surface area (Å²) in [4.78, 5) is 4.47. The van der Waals surface area contributed by atoms with Crippen LogP contribution in [0.2, 0.25) is 0 Å².